The molecule has 2 rings (SSSR count). The number of hydrogen-bond donors (Lipinski definition) is 1. The summed E-state index contributed by atoms with van der Waals surface area (Å²) in [5.74, 6) is -0.250. The summed E-state index contributed by atoms with van der Waals surface area (Å²) in [6.07, 6.45) is 0. The number of para-hydroxylation sites is 1. The number of nitrogens with zero attached hydrogens (tertiary/aromatic N) is 2. The number of phenolic OH excluding ortho intramolecular Hbond substituents is 1. The van der Waals surface area contributed by atoms with Gasteiger partial charge < -0.3 is 14.4 Å². The van der Waals surface area contributed by atoms with E-state index < -0.39 is 5.97 Å². The van der Waals surface area contributed by atoms with E-state index in [9.17, 15) is 9.90 Å². The molecule has 1 heterocycles. The fourth-order valence-electron chi connectivity index (χ4n) is 1.52. The minimum absolute atomic E-state index is 0.0950. The molecule has 1 aromatic carbocycles. The summed E-state index contributed by atoms with van der Waals surface area (Å²) in [5, 5.41) is 9.61. The molecule has 0 fully saturated rings. The van der Waals surface area contributed by atoms with Gasteiger partial charge >= 0.3 is 5.97 Å². The predicted molar refractivity (Wildman–Crippen MR) is 53.7 cm³/mol. The zero-order valence-corrected chi connectivity index (χ0v) is 8.39. The lowest BCUT2D eigenvalue weighted by Crippen LogP contribution is -2.08. The molecule has 5 heteroatoms. The van der Waals surface area contributed by atoms with E-state index in [-0.39, 0.29) is 11.6 Å². The Bertz CT molecular complexity index is 531. The third-order valence-electron chi connectivity index (χ3n) is 2.24. The number of methoxy groups -OCH3 is 1. The maximum atomic E-state index is 11.3. The third kappa shape index (κ3) is 1.32. The van der Waals surface area contributed by atoms with Gasteiger partial charge in [-0.25, -0.2) is 9.78 Å². The van der Waals surface area contributed by atoms with Crippen LogP contribution >= 0.6 is 0 Å². The van der Waals surface area contributed by atoms with E-state index in [0.717, 1.165) is 0 Å². The van der Waals surface area contributed by atoms with Gasteiger partial charge in [-0.05, 0) is 12.1 Å². The number of phenols is 1. The van der Waals surface area contributed by atoms with Crippen molar-refractivity contribution in [3.8, 4) is 5.75 Å². The molecule has 0 aliphatic heterocycles. The summed E-state index contributed by atoms with van der Waals surface area (Å²) >= 11 is 0. The molecule has 0 bridgehead atoms. The molecule has 0 amide bonds. The van der Waals surface area contributed by atoms with Gasteiger partial charge in [0.05, 0.1) is 12.6 Å². The van der Waals surface area contributed by atoms with Crippen LogP contribution in [-0.2, 0) is 11.8 Å². The molecule has 0 unspecified atom stereocenters. The number of ether oxygens (including phenoxy) is 1. The van der Waals surface area contributed by atoms with Crippen LogP contribution in [0.15, 0.2) is 18.2 Å². The molecular formula is C10H10N2O3. The minimum atomic E-state index is -0.520. The lowest BCUT2D eigenvalue weighted by molar-refractivity contribution is 0.0583. The van der Waals surface area contributed by atoms with Crippen molar-refractivity contribution in [1.82, 2.24) is 9.55 Å². The second-order valence-electron chi connectivity index (χ2n) is 3.13. The smallest absolute Gasteiger partial charge is 0.374 e. The third-order valence-corrected chi connectivity index (χ3v) is 2.24. The Labute approximate surface area is 85.9 Å². The zero-order chi connectivity index (χ0) is 11.0. The van der Waals surface area contributed by atoms with Gasteiger partial charge in [-0.2, -0.15) is 0 Å². The SMILES string of the molecule is COC(=O)c1nc2cccc(O)c2n1C. The van der Waals surface area contributed by atoms with Crippen molar-refractivity contribution >= 4 is 17.0 Å². The van der Waals surface area contributed by atoms with E-state index in [0.29, 0.717) is 11.0 Å². The van der Waals surface area contributed by atoms with E-state index in [1.165, 1.54) is 11.7 Å². The van der Waals surface area contributed by atoms with Gasteiger partial charge in [0.2, 0.25) is 5.82 Å². The highest BCUT2D eigenvalue weighted by molar-refractivity contribution is 5.92. The molecule has 0 aliphatic carbocycles. The summed E-state index contributed by atoms with van der Waals surface area (Å²) in [6.45, 7) is 0. The molecule has 15 heavy (non-hydrogen) atoms. The van der Waals surface area contributed by atoms with Crippen LogP contribution in [-0.4, -0.2) is 27.7 Å². The average Bonchev–Trinajstić information content (AvgIpc) is 2.56. The van der Waals surface area contributed by atoms with Crippen LogP contribution in [0.4, 0.5) is 0 Å². The van der Waals surface area contributed by atoms with E-state index in [2.05, 4.69) is 9.72 Å². The number of fused-ring (bicyclic) bond motifs is 1. The molecule has 1 N–H and O–H groups in total. The monoisotopic (exact) mass is 206 g/mol. The van der Waals surface area contributed by atoms with Crippen LogP contribution in [0, 0.1) is 0 Å². The molecular weight excluding hydrogens is 196 g/mol. The van der Waals surface area contributed by atoms with Gasteiger partial charge in [-0.15, -0.1) is 0 Å². The first-order chi connectivity index (χ1) is 7.15. The van der Waals surface area contributed by atoms with Crippen molar-refractivity contribution < 1.29 is 14.6 Å². The van der Waals surface area contributed by atoms with E-state index >= 15 is 0 Å². The second kappa shape index (κ2) is 3.27. The Morgan fingerprint density at radius 2 is 2.27 bits per heavy atom. The van der Waals surface area contributed by atoms with Gasteiger partial charge in [-0.3, -0.25) is 0 Å². The first kappa shape index (κ1) is 9.51. The van der Waals surface area contributed by atoms with Gasteiger partial charge in [0.15, 0.2) is 0 Å². The normalized spacial score (nSPS) is 10.5. The highest BCUT2D eigenvalue weighted by atomic mass is 16.5. The Morgan fingerprint density at radius 3 is 2.87 bits per heavy atom. The van der Waals surface area contributed by atoms with Gasteiger partial charge in [0.25, 0.3) is 0 Å². The highest BCUT2D eigenvalue weighted by Gasteiger charge is 2.17. The van der Waals surface area contributed by atoms with Crippen molar-refractivity contribution in [2.24, 2.45) is 7.05 Å². The first-order valence-electron chi connectivity index (χ1n) is 4.38. The van der Waals surface area contributed by atoms with Crippen molar-refractivity contribution in [1.29, 1.82) is 0 Å². The topological polar surface area (TPSA) is 64.3 Å². The summed E-state index contributed by atoms with van der Waals surface area (Å²) in [7, 11) is 2.95. The van der Waals surface area contributed by atoms with Crippen molar-refractivity contribution in [3.05, 3.63) is 24.0 Å². The van der Waals surface area contributed by atoms with Crippen LogP contribution in [0.2, 0.25) is 0 Å². The van der Waals surface area contributed by atoms with Crippen LogP contribution in [0.3, 0.4) is 0 Å². The molecule has 0 saturated carbocycles. The maximum Gasteiger partial charge on any atom is 0.374 e. The fraction of sp³-hybridized carbons (Fsp3) is 0.200. The predicted octanol–water partition coefficient (Wildman–Crippen LogP) is 1.07. The van der Waals surface area contributed by atoms with Crippen molar-refractivity contribution in [2.75, 3.05) is 7.11 Å². The molecule has 5 nitrogen and oxygen atoms in total. The minimum Gasteiger partial charge on any atom is -0.506 e. The number of benzene rings is 1. The Hall–Kier alpha value is -2.04. The largest absolute Gasteiger partial charge is 0.506 e. The molecule has 0 atom stereocenters. The van der Waals surface area contributed by atoms with Gasteiger partial charge in [0, 0.05) is 7.05 Å². The summed E-state index contributed by atoms with van der Waals surface area (Å²) in [4.78, 5) is 15.4. The van der Waals surface area contributed by atoms with E-state index in [4.69, 9.17) is 0 Å². The number of aromatic hydroxyl groups is 1. The Morgan fingerprint density at radius 1 is 1.53 bits per heavy atom. The molecule has 0 radical (unpaired) electrons. The molecule has 1 aromatic heterocycles. The van der Waals surface area contributed by atoms with Crippen LogP contribution in [0.25, 0.3) is 11.0 Å². The quantitative estimate of drug-likeness (QED) is 0.709. The lowest BCUT2D eigenvalue weighted by Gasteiger charge is -2.00. The second-order valence-corrected chi connectivity index (χ2v) is 3.13. The Balaban J connectivity index is 2.75. The highest BCUT2D eigenvalue weighted by Crippen LogP contribution is 2.24. The van der Waals surface area contributed by atoms with E-state index in [1.807, 2.05) is 0 Å². The molecule has 0 saturated heterocycles. The summed E-state index contributed by atoms with van der Waals surface area (Å²) in [6, 6.07) is 4.94. The van der Waals surface area contributed by atoms with Crippen LogP contribution in [0.1, 0.15) is 10.6 Å². The summed E-state index contributed by atoms with van der Waals surface area (Å²) in [5.41, 5.74) is 1.09. The molecule has 0 aliphatic rings. The molecule has 2 aromatic rings. The number of aromatic nitrogens is 2. The van der Waals surface area contributed by atoms with Crippen LogP contribution in [0.5, 0.6) is 5.75 Å². The van der Waals surface area contributed by atoms with Gasteiger partial charge in [-0.1, -0.05) is 6.07 Å². The number of esters is 1. The number of rotatable bonds is 1. The van der Waals surface area contributed by atoms with Gasteiger partial charge in [0.1, 0.15) is 11.3 Å². The molecule has 0 spiro atoms. The first-order valence-corrected chi connectivity index (χ1v) is 4.38. The number of carbonyl (C=O) groups is 1. The molecule has 78 valence electrons. The lowest BCUT2D eigenvalue weighted by atomic mass is 10.3. The maximum absolute atomic E-state index is 11.3. The number of imidazole rings is 1. The van der Waals surface area contributed by atoms with E-state index in [1.54, 1.807) is 25.2 Å². The standard InChI is InChI=1S/C10H10N2O3/c1-12-8-6(4-3-5-7(8)13)11-9(12)10(14)15-2/h3-5,13H,1-2H3. The fourth-order valence-corrected chi connectivity index (χ4v) is 1.52. The van der Waals surface area contributed by atoms with Crippen molar-refractivity contribution in [3.63, 3.8) is 0 Å². The Kier molecular flexibility index (Phi) is 2.07. The number of carbonyl (C=O) groups excluding carboxylic acids is 1. The van der Waals surface area contributed by atoms with Crippen molar-refractivity contribution in [2.45, 2.75) is 0 Å². The number of aryl methyl sites for hydroxylation is 1. The summed E-state index contributed by atoms with van der Waals surface area (Å²) < 4.78 is 6.09. The average molecular weight is 206 g/mol. The zero-order valence-electron chi connectivity index (χ0n) is 8.39. The number of hydrogen-bond acceptors (Lipinski definition) is 4. The van der Waals surface area contributed by atoms with Crippen LogP contribution < -0.4 is 0 Å².